The number of phenolic OH excluding ortho intramolecular Hbond substituents is 1. The summed E-state index contributed by atoms with van der Waals surface area (Å²) in [5.41, 5.74) is 3.03. The van der Waals surface area contributed by atoms with Gasteiger partial charge in [-0.2, -0.15) is 0 Å². The monoisotopic (exact) mass is 639 g/mol. The Bertz CT molecular complexity index is 1150. The van der Waals surface area contributed by atoms with Crippen molar-refractivity contribution >= 4 is 6.21 Å². The SMILES string of the molecule is CCCCC1[OH+][C-](CCc2ccc(O)c(OCC(NCC)C3=C[C+](C(C4CCCC4)C(CNC)NCC(C)O)C=N3)c2)C=C1CO. The van der Waals surface area contributed by atoms with Gasteiger partial charge in [-0.05, 0) is 76.2 Å². The van der Waals surface area contributed by atoms with Crippen LogP contribution in [0.5, 0.6) is 11.5 Å². The second-order valence-electron chi connectivity index (χ2n) is 13.2. The van der Waals surface area contributed by atoms with Crippen LogP contribution in [0.15, 0.2) is 46.6 Å². The molecule has 0 spiro atoms. The number of ether oxygens (including phenoxy) is 2. The van der Waals surface area contributed by atoms with Crippen molar-refractivity contribution in [1.29, 1.82) is 0 Å². The summed E-state index contributed by atoms with van der Waals surface area (Å²) in [5, 5.41) is 41.0. The van der Waals surface area contributed by atoms with E-state index in [1.807, 2.05) is 32.3 Å². The number of aliphatic hydroxyl groups excluding tert-OH is 2. The second kappa shape index (κ2) is 18.7. The lowest BCUT2D eigenvalue weighted by atomic mass is 9.76. The molecule has 1 aromatic carbocycles. The lowest BCUT2D eigenvalue weighted by Crippen LogP contribution is -2.49. The van der Waals surface area contributed by atoms with Gasteiger partial charge < -0.3 is 35.4 Å². The van der Waals surface area contributed by atoms with Crippen LogP contribution >= 0.6 is 0 Å². The summed E-state index contributed by atoms with van der Waals surface area (Å²) in [6.45, 7) is 8.60. The van der Waals surface area contributed by atoms with Crippen LogP contribution in [0.3, 0.4) is 0 Å². The van der Waals surface area contributed by atoms with Crippen molar-refractivity contribution in [1.82, 2.24) is 16.0 Å². The molecule has 2 heterocycles. The number of aliphatic hydroxyl groups is 4. The smallest absolute Gasteiger partial charge is 0.196 e. The zero-order valence-electron chi connectivity index (χ0n) is 28.5. The van der Waals surface area contributed by atoms with Crippen LogP contribution in [0.25, 0.3) is 0 Å². The van der Waals surface area contributed by atoms with Gasteiger partial charge in [0.05, 0.1) is 18.1 Å². The predicted octanol–water partition coefficient (Wildman–Crippen LogP) is 4.14. The predicted molar refractivity (Wildman–Crippen MR) is 186 cm³/mol. The molecular weight excluding hydrogens is 580 g/mol. The highest BCUT2D eigenvalue weighted by Crippen LogP contribution is 2.40. The summed E-state index contributed by atoms with van der Waals surface area (Å²) in [4.78, 5) is 4.89. The average molecular weight is 640 g/mol. The van der Waals surface area contributed by atoms with Gasteiger partial charge in [0.25, 0.3) is 0 Å². The fraction of sp³-hybridized carbons (Fsp3) is 0.649. The van der Waals surface area contributed by atoms with Gasteiger partial charge in [0.1, 0.15) is 30.9 Å². The number of nitrogens with zero attached hydrogens (tertiary/aromatic N) is 1. The molecule has 4 rings (SSSR count). The molecule has 0 radical (unpaired) electrons. The molecule has 9 heteroatoms. The van der Waals surface area contributed by atoms with Crippen molar-refractivity contribution in [3.63, 3.8) is 0 Å². The molecule has 0 aromatic heterocycles. The van der Waals surface area contributed by atoms with Crippen molar-refractivity contribution in [3.05, 3.63) is 59.2 Å². The van der Waals surface area contributed by atoms with Crippen LogP contribution in [-0.4, -0.2) is 90.5 Å². The van der Waals surface area contributed by atoms with E-state index in [-0.39, 0.29) is 30.5 Å². The molecule has 1 fully saturated rings. The van der Waals surface area contributed by atoms with E-state index in [1.54, 1.807) is 6.07 Å². The topological polar surface area (TPSA) is 131 Å². The molecule has 256 valence electrons. The molecule has 46 heavy (non-hydrogen) atoms. The highest BCUT2D eigenvalue weighted by atomic mass is 16.5. The van der Waals surface area contributed by atoms with Crippen LogP contribution in [0, 0.1) is 23.9 Å². The lowest BCUT2D eigenvalue weighted by molar-refractivity contribution is -0.0550. The quantitative estimate of drug-likeness (QED) is 0.0881. The molecule has 5 atom stereocenters. The van der Waals surface area contributed by atoms with Gasteiger partial charge >= 0.3 is 0 Å². The molecule has 1 saturated carbocycles. The molecule has 3 aliphatic rings. The fourth-order valence-corrected chi connectivity index (χ4v) is 7.12. The third-order valence-corrected chi connectivity index (χ3v) is 9.53. The van der Waals surface area contributed by atoms with Gasteiger partial charge in [-0.25, -0.2) is 0 Å². The number of benzene rings is 1. The first kappa shape index (κ1) is 36.3. The van der Waals surface area contributed by atoms with Crippen LogP contribution in [0.1, 0.15) is 77.7 Å². The van der Waals surface area contributed by atoms with Gasteiger partial charge in [-0.15, -0.1) is 16.6 Å². The third kappa shape index (κ3) is 10.2. The first-order valence-electron chi connectivity index (χ1n) is 17.6. The maximum absolute atomic E-state index is 10.7. The lowest BCUT2D eigenvalue weighted by Gasteiger charge is -2.31. The third-order valence-electron chi connectivity index (χ3n) is 9.53. The maximum atomic E-state index is 10.7. The summed E-state index contributed by atoms with van der Waals surface area (Å²) in [6.07, 6.45) is 16.7. The van der Waals surface area contributed by atoms with Crippen LogP contribution < -0.4 is 20.7 Å². The van der Waals surface area contributed by atoms with Gasteiger partial charge in [-0.3, -0.25) is 5.32 Å². The Morgan fingerprint density at radius 1 is 1.17 bits per heavy atom. The van der Waals surface area contributed by atoms with E-state index in [9.17, 15) is 15.3 Å². The summed E-state index contributed by atoms with van der Waals surface area (Å²) >= 11 is 0. The zero-order valence-corrected chi connectivity index (χ0v) is 28.5. The van der Waals surface area contributed by atoms with Crippen LogP contribution in [0.2, 0.25) is 0 Å². The van der Waals surface area contributed by atoms with Gasteiger partial charge in [0, 0.05) is 32.2 Å². The summed E-state index contributed by atoms with van der Waals surface area (Å²) in [6, 6.07) is 5.63. The molecule has 1 aromatic rings. The Kier molecular flexibility index (Phi) is 14.8. The number of nitrogens with one attached hydrogen (secondary N) is 3. The Morgan fingerprint density at radius 3 is 2.67 bits per heavy atom. The van der Waals surface area contributed by atoms with E-state index in [2.05, 4.69) is 41.9 Å². The number of allylic oxidation sites excluding steroid dienone is 1. The van der Waals surface area contributed by atoms with Gasteiger partial charge in [-0.1, -0.05) is 39.2 Å². The molecule has 1 aliphatic carbocycles. The van der Waals surface area contributed by atoms with Crippen molar-refractivity contribution < 1.29 is 24.8 Å². The normalized spacial score (nSPS) is 21.0. The number of phenols is 1. The van der Waals surface area contributed by atoms with Crippen molar-refractivity contribution in [2.24, 2.45) is 16.8 Å². The highest BCUT2D eigenvalue weighted by molar-refractivity contribution is 5.83. The first-order chi connectivity index (χ1) is 22.4. The highest BCUT2D eigenvalue weighted by Gasteiger charge is 2.43. The average Bonchev–Trinajstić information content (AvgIpc) is 3.83. The Morgan fingerprint density at radius 2 is 1.98 bits per heavy atom. The molecule has 2 aliphatic heterocycles. The number of likely N-dealkylation sites (N-methyl/N-ethyl adjacent to an activating group) is 2. The van der Waals surface area contributed by atoms with Crippen LogP contribution in [-0.2, 0) is 6.42 Å². The van der Waals surface area contributed by atoms with E-state index in [0.29, 0.717) is 30.7 Å². The molecule has 9 nitrogen and oxygen atoms in total. The van der Waals surface area contributed by atoms with E-state index < -0.39 is 6.10 Å². The zero-order chi connectivity index (χ0) is 32.9. The Hall–Kier alpha value is -2.53. The van der Waals surface area contributed by atoms with E-state index in [1.165, 1.54) is 31.6 Å². The van der Waals surface area contributed by atoms with Crippen LogP contribution in [0.4, 0.5) is 0 Å². The summed E-state index contributed by atoms with van der Waals surface area (Å²) < 4.78 is 11.1. The largest absolute Gasteiger partial charge is 0.504 e. The van der Waals surface area contributed by atoms with E-state index in [4.69, 9.17) is 14.5 Å². The number of aliphatic imine (C=N–C) groups is 1. The van der Waals surface area contributed by atoms with Gasteiger partial charge in [0.15, 0.2) is 23.2 Å². The molecule has 0 amide bonds. The van der Waals surface area contributed by atoms with Gasteiger partial charge in [0.2, 0.25) is 0 Å². The number of hydrogen-bond donors (Lipinski definition) is 6. The number of unbranched alkanes of at least 4 members (excludes halogenated alkanes) is 1. The summed E-state index contributed by atoms with van der Waals surface area (Å²) in [5.74, 6) is 2.70. The minimum absolute atomic E-state index is 0.0585. The second-order valence-corrected chi connectivity index (χ2v) is 13.2. The van der Waals surface area contributed by atoms with Crippen molar-refractivity contribution in [3.8, 4) is 11.5 Å². The minimum atomic E-state index is -0.405. The molecule has 0 saturated heterocycles. The van der Waals surface area contributed by atoms with E-state index in [0.717, 1.165) is 68.1 Å². The first-order valence-corrected chi connectivity index (χ1v) is 17.6. The molecule has 0 bridgehead atoms. The molecular formula is C37H59N4O5+. The van der Waals surface area contributed by atoms with E-state index >= 15 is 0 Å². The standard InChI is InChI=1S/C37H58N4O5/c1-5-7-12-35-29(23-42)18-30(46-35)15-13-26-14-16-34(44)36(17-26)45-24-33(39-6-2)31-19-28(21-41-31)37(27-10-8-9-11-27)32(22-38-4)40-20-25(3)43/h14,16-19,21,25,27,32-33,35,37-40,42-43,46H,5-13,15,20,22-24H2,1-4H3/p+1. The Balaban J connectivity index is 1.40. The number of aromatic hydroxyl groups is 1. The summed E-state index contributed by atoms with van der Waals surface area (Å²) in [7, 11) is 1.98. The molecule has 5 unspecified atom stereocenters. The van der Waals surface area contributed by atoms with Crippen molar-refractivity contribution in [2.75, 3.05) is 39.9 Å². The fourth-order valence-electron chi connectivity index (χ4n) is 7.12. The minimum Gasteiger partial charge on any atom is -0.504 e. The number of aryl methyl sites for hydroxylation is 1. The molecule has 7 N–H and O–H groups in total. The van der Waals surface area contributed by atoms with Crippen molar-refractivity contribution in [2.45, 2.75) is 103 Å². The Labute approximate surface area is 277 Å². The number of rotatable bonds is 21. The maximum Gasteiger partial charge on any atom is 0.196 e. The number of hydrogen-bond acceptors (Lipinski definition) is 8.